The zero-order valence-electron chi connectivity index (χ0n) is 12.8. The van der Waals surface area contributed by atoms with Crippen molar-refractivity contribution < 1.29 is 4.79 Å². The second kappa shape index (κ2) is 7.05. The van der Waals surface area contributed by atoms with Crippen molar-refractivity contribution in [2.45, 2.75) is 13.0 Å². The molecule has 2 N–H and O–H groups in total. The van der Waals surface area contributed by atoms with Crippen LogP contribution in [0.25, 0.3) is 0 Å². The van der Waals surface area contributed by atoms with Crippen molar-refractivity contribution in [3.63, 3.8) is 0 Å². The first-order valence-corrected chi connectivity index (χ1v) is 8.87. The maximum Gasteiger partial charge on any atom is 0.193 e. The maximum absolute atomic E-state index is 13.0. The molecule has 122 valence electrons. The van der Waals surface area contributed by atoms with Crippen LogP contribution < -0.4 is 10.6 Å². The molecule has 1 atom stereocenters. The highest BCUT2D eigenvalue weighted by molar-refractivity contribution is 9.10. The van der Waals surface area contributed by atoms with Crippen molar-refractivity contribution in [3.05, 3.63) is 80.4 Å². The van der Waals surface area contributed by atoms with Gasteiger partial charge in [0.05, 0.1) is 6.04 Å². The second-order valence-electron chi connectivity index (χ2n) is 5.46. The summed E-state index contributed by atoms with van der Waals surface area (Å²) in [5.41, 5.74) is 2.96. The fraction of sp³-hybridized carbons (Fsp3) is 0.111. The third kappa shape index (κ3) is 3.53. The fourth-order valence-electron chi connectivity index (χ4n) is 2.66. The summed E-state index contributed by atoms with van der Waals surface area (Å²) in [6.07, 6.45) is 0. The molecule has 6 heteroatoms. The molecule has 0 saturated carbocycles. The fourth-order valence-corrected chi connectivity index (χ4v) is 3.32. The minimum atomic E-state index is -0.296. The van der Waals surface area contributed by atoms with Crippen LogP contribution in [-0.4, -0.2) is 10.9 Å². The summed E-state index contributed by atoms with van der Waals surface area (Å²) in [4.78, 5) is 13.0. The molecule has 3 rings (SSSR count). The average Bonchev–Trinajstić information content (AvgIpc) is 2.55. The Labute approximate surface area is 159 Å². The lowest BCUT2D eigenvalue weighted by Crippen LogP contribution is -2.44. The summed E-state index contributed by atoms with van der Waals surface area (Å²) in [7, 11) is 0. The molecule has 1 aliphatic rings. The molecule has 2 aromatic carbocycles. The van der Waals surface area contributed by atoms with Gasteiger partial charge < -0.3 is 10.6 Å². The minimum absolute atomic E-state index is 0.0559. The normalized spacial score (nSPS) is 17.3. The lowest BCUT2D eigenvalue weighted by atomic mass is 9.90. The van der Waals surface area contributed by atoms with E-state index in [1.165, 1.54) is 0 Å². The van der Waals surface area contributed by atoms with E-state index in [9.17, 15) is 4.79 Å². The van der Waals surface area contributed by atoms with Crippen LogP contribution in [0.2, 0.25) is 5.02 Å². The number of allylic oxidation sites excluding steroid dienone is 1. The van der Waals surface area contributed by atoms with Crippen molar-refractivity contribution >= 4 is 50.6 Å². The van der Waals surface area contributed by atoms with Gasteiger partial charge in [0.15, 0.2) is 10.9 Å². The standard InChI is InChI=1S/C18H14BrClN2OS/c1-10-15(17(23)12-4-8-14(20)9-5-12)16(22-18(24)21-10)11-2-6-13(19)7-3-11/h2-9,16H,1H3,(H2,21,22,24)/t16-/m0/s1. The number of Topliss-reactive ketones (excluding diaryl/α,β-unsaturated/α-hetero) is 1. The van der Waals surface area contributed by atoms with Crippen molar-refractivity contribution in [1.82, 2.24) is 10.6 Å². The molecule has 0 spiro atoms. The van der Waals surface area contributed by atoms with E-state index in [4.69, 9.17) is 23.8 Å². The Morgan fingerprint density at radius 3 is 2.38 bits per heavy atom. The Hall–Kier alpha value is -1.69. The van der Waals surface area contributed by atoms with Crippen LogP contribution in [0, 0.1) is 0 Å². The van der Waals surface area contributed by atoms with Gasteiger partial charge in [0.25, 0.3) is 0 Å². The van der Waals surface area contributed by atoms with Crippen LogP contribution in [0.4, 0.5) is 0 Å². The minimum Gasteiger partial charge on any atom is -0.351 e. The first-order valence-electron chi connectivity index (χ1n) is 7.29. The van der Waals surface area contributed by atoms with Crippen LogP contribution in [0.15, 0.2) is 64.3 Å². The van der Waals surface area contributed by atoms with Crippen molar-refractivity contribution in [1.29, 1.82) is 0 Å². The molecule has 0 fully saturated rings. The molecular formula is C18H14BrClN2OS. The molecule has 0 radical (unpaired) electrons. The van der Waals surface area contributed by atoms with E-state index >= 15 is 0 Å². The lowest BCUT2D eigenvalue weighted by molar-refractivity contribution is 0.102. The van der Waals surface area contributed by atoms with Gasteiger partial charge >= 0.3 is 0 Å². The molecule has 0 unspecified atom stereocenters. The van der Waals surface area contributed by atoms with Gasteiger partial charge in [-0.15, -0.1) is 0 Å². The topological polar surface area (TPSA) is 41.1 Å². The molecule has 0 saturated heterocycles. The van der Waals surface area contributed by atoms with Gasteiger partial charge in [-0.3, -0.25) is 4.79 Å². The Morgan fingerprint density at radius 2 is 1.75 bits per heavy atom. The Morgan fingerprint density at radius 1 is 1.12 bits per heavy atom. The Balaban J connectivity index is 2.04. The van der Waals surface area contributed by atoms with Crippen LogP contribution in [0.5, 0.6) is 0 Å². The lowest BCUT2D eigenvalue weighted by Gasteiger charge is -2.30. The largest absolute Gasteiger partial charge is 0.351 e. The van der Waals surface area contributed by atoms with E-state index in [0.717, 1.165) is 15.7 Å². The van der Waals surface area contributed by atoms with Crippen LogP contribution in [0.1, 0.15) is 28.9 Å². The quantitative estimate of drug-likeness (QED) is 0.553. The van der Waals surface area contributed by atoms with E-state index in [1.807, 2.05) is 31.2 Å². The van der Waals surface area contributed by atoms with E-state index in [-0.39, 0.29) is 11.8 Å². The number of thiocarbonyl (C=S) groups is 1. The second-order valence-corrected chi connectivity index (χ2v) is 7.22. The van der Waals surface area contributed by atoms with Crippen molar-refractivity contribution in [2.24, 2.45) is 0 Å². The molecule has 0 bridgehead atoms. The van der Waals surface area contributed by atoms with Crippen LogP contribution in [0.3, 0.4) is 0 Å². The highest BCUT2D eigenvalue weighted by Crippen LogP contribution is 2.30. The predicted octanol–water partition coefficient (Wildman–Crippen LogP) is 4.78. The molecule has 24 heavy (non-hydrogen) atoms. The monoisotopic (exact) mass is 420 g/mol. The van der Waals surface area contributed by atoms with Crippen LogP contribution in [-0.2, 0) is 0 Å². The third-order valence-corrected chi connectivity index (χ3v) is 4.82. The average molecular weight is 422 g/mol. The maximum atomic E-state index is 13.0. The molecule has 1 aliphatic heterocycles. The first-order chi connectivity index (χ1) is 11.5. The van der Waals surface area contributed by atoms with Crippen molar-refractivity contribution in [3.8, 4) is 0 Å². The number of rotatable bonds is 3. The highest BCUT2D eigenvalue weighted by atomic mass is 79.9. The summed E-state index contributed by atoms with van der Waals surface area (Å²) in [6.45, 7) is 1.86. The predicted molar refractivity (Wildman–Crippen MR) is 104 cm³/mol. The molecule has 0 aliphatic carbocycles. The van der Waals surface area contributed by atoms with E-state index < -0.39 is 0 Å². The smallest absolute Gasteiger partial charge is 0.193 e. The number of benzene rings is 2. The molecule has 3 nitrogen and oxygen atoms in total. The molecule has 1 heterocycles. The van der Waals surface area contributed by atoms with Gasteiger partial charge in [-0.05, 0) is 61.1 Å². The molecular weight excluding hydrogens is 408 g/mol. The zero-order valence-corrected chi connectivity index (χ0v) is 15.9. The summed E-state index contributed by atoms with van der Waals surface area (Å²) >= 11 is 14.6. The Bertz CT molecular complexity index is 831. The van der Waals surface area contributed by atoms with E-state index in [2.05, 4.69) is 26.6 Å². The summed E-state index contributed by atoms with van der Waals surface area (Å²) < 4.78 is 0.981. The zero-order chi connectivity index (χ0) is 17.3. The van der Waals surface area contributed by atoms with Gasteiger partial charge in [-0.25, -0.2) is 0 Å². The molecule has 0 aromatic heterocycles. The van der Waals surface area contributed by atoms with E-state index in [1.54, 1.807) is 24.3 Å². The number of ketones is 1. The number of carbonyl (C=O) groups excluding carboxylic acids is 1. The highest BCUT2D eigenvalue weighted by Gasteiger charge is 2.30. The molecule has 0 amide bonds. The number of hydrogen-bond acceptors (Lipinski definition) is 2. The number of nitrogens with one attached hydrogen (secondary N) is 2. The van der Waals surface area contributed by atoms with E-state index in [0.29, 0.717) is 21.3 Å². The third-order valence-electron chi connectivity index (χ3n) is 3.82. The summed E-state index contributed by atoms with van der Waals surface area (Å²) in [6, 6.07) is 14.4. The SMILES string of the molecule is CC1=C(C(=O)c2ccc(Cl)cc2)[C@H](c2ccc(Br)cc2)NC(=S)N1. The van der Waals surface area contributed by atoms with Gasteiger partial charge in [0.1, 0.15) is 0 Å². The first kappa shape index (κ1) is 17.1. The van der Waals surface area contributed by atoms with Crippen LogP contribution >= 0.6 is 39.7 Å². The number of halogens is 2. The van der Waals surface area contributed by atoms with Gasteiger partial charge in [0.2, 0.25) is 0 Å². The summed E-state index contributed by atoms with van der Waals surface area (Å²) in [5.74, 6) is -0.0559. The molecule has 2 aromatic rings. The number of hydrogen-bond donors (Lipinski definition) is 2. The Kier molecular flexibility index (Phi) is 5.04. The number of carbonyl (C=O) groups is 1. The van der Waals surface area contributed by atoms with Gasteiger partial charge in [0, 0.05) is 26.3 Å². The van der Waals surface area contributed by atoms with Gasteiger partial charge in [-0.2, -0.15) is 0 Å². The summed E-state index contributed by atoms with van der Waals surface area (Å²) in [5, 5.41) is 7.35. The van der Waals surface area contributed by atoms with Gasteiger partial charge in [-0.1, -0.05) is 39.7 Å². The van der Waals surface area contributed by atoms with Crippen molar-refractivity contribution in [2.75, 3.05) is 0 Å².